The lowest BCUT2D eigenvalue weighted by atomic mass is 10.1. The van der Waals surface area contributed by atoms with E-state index in [0.29, 0.717) is 12.2 Å². The summed E-state index contributed by atoms with van der Waals surface area (Å²) in [6.07, 6.45) is 3.79. The van der Waals surface area contributed by atoms with E-state index in [1.807, 2.05) is 0 Å². The molecular formula is C8H11BrN2O2. The van der Waals surface area contributed by atoms with Crippen molar-refractivity contribution in [1.29, 1.82) is 0 Å². The maximum atomic E-state index is 8.82. The summed E-state index contributed by atoms with van der Waals surface area (Å²) in [5.74, 6) is 0.470. The van der Waals surface area contributed by atoms with Crippen LogP contribution < -0.4 is 0 Å². The summed E-state index contributed by atoms with van der Waals surface area (Å²) in [6, 6.07) is 0. The Morgan fingerprint density at radius 1 is 1.23 bits per heavy atom. The molecule has 0 saturated carbocycles. The van der Waals surface area contributed by atoms with E-state index in [1.165, 1.54) is 0 Å². The third kappa shape index (κ3) is 3.38. The maximum absolute atomic E-state index is 8.82. The first-order valence-electron chi connectivity index (χ1n) is 3.94. The molecule has 0 atom stereocenters. The minimum atomic E-state index is -0.166. The van der Waals surface area contributed by atoms with Crippen molar-refractivity contribution in [2.45, 2.75) is 6.42 Å². The fourth-order valence-electron chi connectivity index (χ4n) is 0.889. The largest absolute Gasteiger partial charge is 0.396 e. The Bertz CT molecular complexity index is 249. The lowest BCUT2D eigenvalue weighted by Gasteiger charge is -2.08. The molecule has 0 bridgehead atoms. The number of rotatable bonds is 4. The minimum absolute atomic E-state index is 0.0457. The van der Waals surface area contributed by atoms with Crippen molar-refractivity contribution in [3.05, 3.63) is 22.7 Å². The van der Waals surface area contributed by atoms with Crippen molar-refractivity contribution in [3.63, 3.8) is 0 Å². The molecule has 0 fully saturated rings. The fourth-order valence-corrected chi connectivity index (χ4v) is 1.09. The molecule has 2 N–H and O–H groups in total. The molecule has 1 aromatic rings. The molecule has 5 heteroatoms. The van der Waals surface area contributed by atoms with Crippen molar-refractivity contribution < 1.29 is 10.2 Å². The second-order valence-electron chi connectivity index (χ2n) is 2.75. The predicted molar refractivity (Wildman–Crippen MR) is 51.1 cm³/mol. The molecule has 0 amide bonds. The quantitative estimate of drug-likeness (QED) is 0.807. The molecule has 0 aliphatic rings. The average Bonchev–Trinajstić information content (AvgIpc) is 2.17. The molecular weight excluding hydrogens is 236 g/mol. The summed E-state index contributed by atoms with van der Waals surface area (Å²) in [6.45, 7) is -0.0914. The first-order valence-corrected chi connectivity index (χ1v) is 4.73. The number of nitrogens with zero attached hydrogens (tertiary/aromatic N) is 2. The molecule has 0 aliphatic carbocycles. The van der Waals surface area contributed by atoms with E-state index >= 15 is 0 Å². The minimum Gasteiger partial charge on any atom is -0.396 e. The summed E-state index contributed by atoms with van der Waals surface area (Å²) in [5.41, 5.74) is 0. The van der Waals surface area contributed by atoms with Crippen molar-refractivity contribution in [2.24, 2.45) is 5.92 Å². The molecule has 4 nitrogen and oxygen atoms in total. The lowest BCUT2D eigenvalue weighted by Crippen LogP contribution is -2.15. The van der Waals surface area contributed by atoms with Crippen molar-refractivity contribution in [3.8, 4) is 0 Å². The van der Waals surface area contributed by atoms with Crippen LogP contribution >= 0.6 is 15.9 Å². The van der Waals surface area contributed by atoms with Crippen LogP contribution in [0.2, 0.25) is 0 Å². The predicted octanol–water partition coefficient (Wildman–Crippen LogP) is 0.382. The number of aromatic nitrogens is 2. The Labute approximate surface area is 84.8 Å². The number of hydrogen-bond acceptors (Lipinski definition) is 4. The number of aliphatic hydroxyl groups excluding tert-OH is 2. The fraction of sp³-hybridized carbons (Fsp3) is 0.500. The molecule has 1 rings (SSSR count). The van der Waals surface area contributed by atoms with Crippen LogP contribution in [0.25, 0.3) is 0 Å². The SMILES string of the molecule is OCC(CO)Cc1ncc(Br)cn1. The Morgan fingerprint density at radius 2 is 1.77 bits per heavy atom. The molecule has 0 radical (unpaired) electrons. The zero-order valence-electron chi connectivity index (χ0n) is 7.02. The van der Waals surface area contributed by atoms with E-state index in [9.17, 15) is 0 Å². The van der Waals surface area contributed by atoms with Crippen LogP contribution in [0.1, 0.15) is 5.82 Å². The number of hydrogen-bond donors (Lipinski definition) is 2. The first-order chi connectivity index (χ1) is 6.26. The Morgan fingerprint density at radius 3 is 2.23 bits per heavy atom. The van der Waals surface area contributed by atoms with Gasteiger partial charge in [-0.05, 0) is 15.9 Å². The first kappa shape index (κ1) is 10.6. The van der Waals surface area contributed by atoms with Crippen LogP contribution in [0.15, 0.2) is 16.9 Å². The smallest absolute Gasteiger partial charge is 0.128 e. The highest BCUT2D eigenvalue weighted by Crippen LogP contribution is 2.07. The summed E-state index contributed by atoms with van der Waals surface area (Å²) in [7, 11) is 0. The van der Waals surface area contributed by atoms with Crippen LogP contribution in [-0.2, 0) is 6.42 Å². The third-order valence-corrected chi connectivity index (χ3v) is 2.07. The van der Waals surface area contributed by atoms with Crippen LogP contribution in [0.5, 0.6) is 0 Å². The zero-order valence-corrected chi connectivity index (χ0v) is 8.61. The van der Waals surface area contributed by atoms with E-state index in [0.717, 1.165) is 4.47 Å². The third-order valence-electron chi connectivity index (χ3n) is 1.66. The van der Waals surface area contributed by atoms with Gasteiger partial charge in [0.15, 0.2) is 0 Å². The molecule has 0 aliphatic heterocycles. The molecule has 0 aromatic carbocycles. The highest BCUT2D eigenvalue weighted by atomic mass is 79.9. The normalized spacial score (nSPS) is 10.8. The van der Waals surface area contributed by atoms with Gasteiger partial charge in [0.25, 0.3) is 0 Å². The second kappa shape index (κ2) is 5.26. The number of aliphatic hydroxyl groups is 2. The van der Waals surface area contributed by atoms with Gasteiger partial charge in [-0.25, -0.2) is 9.97 Å². The van der Waals surface area contributed by atoms with E-state index < -0.39 is 0 Å². The van der Waals surface area contributed by atoms with Gasteiger partial charge in [-0.2, -0.15) is 0 Å². The van der Waals surface area contributed by atoms with Crippen LogP contribution in [0.4, 0.5) is 0 Å². The van der Waals surface area contributed by atoms with Crippen LogP contribution in [0.3, 0.4) is 0 Å². The summed E-state index contributed by atoms with van der Waals surface area (Å²) in [4.78, 5) is 8.07. The Hall–Kier alpha value is -0.520. The van der Waals surface area contributed by atoms with Gasteiger partial charge in [-0.15, -0.1) is 0 Å². The summed E-state index contributed by atoms with van der Waals surface area (Å²) >= 11 is 3.22. The molecule has 72 valence electrons. The number of halogens is 1. The van der Waals surface area contributed by atoms with E-state index in [1.54, 1.807) is 12.4 Å². The van der Waals surface area contributed by atoms with Gasteiger partial charge in [0.05, 0.1) is 4.47 Å². The highest BCUT2D eigenvalue weighted by Gasteiger charge is 2.08. The van der Waals surface area contributed by atoms with Gasteiger partial charge in [-0.1, -0.05) is 0 Å². The maximum Gasteiger partial charge on any atom is 0.128 e. The summed E-state index contributed by atoms with van der Waals surface area (Å²) in [5, 5.41) is 17.6. The van der Waals surface area contributed by atoms with E-state index in [4.69, 9.17) is 10.2 Å². The van der Waals surface area contributed by atoms with Gasteiger partial charge in [0.2, 0.25) is 0 Å². The van der Waals surface area contributed by atoms with Gasteiger partial charge in [-0.3, -0.25) is 0 Å². The van der Waals surface area contributed by atoms with Gasteiger partial charge in [0, 0.05) is 37.9 Å². The molecule has 13 heavy (non-hydrogen) atoms. The van der Waals surface area contributed by atoms with E-state index in [-0.39, 0.29) is 19.1 Å². The van der Waals surface area contributed by atoms with Gasteiger partial charge >= 0.3 is 0 Å². The molecule has 0 spiro atoms. The molecule has 1 heterocycles. The highest BCUT2D eigenvalue weighted by molar-refractivity contribution is 9.10. The van der Waals surface area contributed by atoms with Gasteiger partial charge in [0.1, 0.15) is 5.82 Å². The van der Waals surface area contributed by atoms with Gasteiger partial charge < -0.3 is 10.2 Å². The van der Waals surface area contributed by atoms with Crippen molar-refractivity contribution in [2.75, 3.05) is 13.2 Å². The van der Waals surface area contributed by atoms with Crippen molar-refractivity contribution in [1.82, 2.24) is 9.97 Å². The lowest BCUT2D eigenvalue weighted by molar-refractivity contribution is 0.148. The second-order valence-corrected chi connectivity index (χ2v) is 3.67. The van der Waals surface area contributed by atoms with Crippen LogP contribution in [0, 0.1) is 5.92 Å². The standard InChI is InChI=1S/C8H11BrN2O2/c9-7-2-10-8(11-3-7)1-6(4-12)5-13/h2-3,6,12-13H,1,4-5H2. The topological polar surface area (TPSA) is 66.2 Å². The summed E-state index contributed by atoms with van der Waals surface area (Å²) < 4.78 is 0.820. The van der Waals surface area contributed by atoms with E-state index in [2.05, 4.69) is 25.9 Å². The molecule has 0 saturated heterocycles. The van der Waals surface area contributed by atoms with Crippen LogP contribution in [-0.4, -0.2) is 33.4 Å². The average molecular weight is 247 g/mol. The van der Waals surface area contributed by atoms with Crippen molar-refractivity contribution >= 4 is 15.9 Å². The molecule has 1 aromatic heterocycles. The monoisotopic (exact) mass is 246 g/mol. The Kier molecular flexibility index (Phi) is 4.27. The molecule has 0 unspecified atom stereocenters. The Balaban J connectivity index is 2.58. The zero-order chi connectivity index (χ0) is 9.68.